The number of hydrogen-bond donors (Lipinski definition) is 1. The molecule has 13 heteroatoms. The van der Waals surface area contributed by atoms with E-state index in [1.807, 2.05) is 27.2 Å². The summed E-state index contributed by atoms with van der Waals surface area (Å²) in [6, 6.07) is 7.42. The number of unbranched alkanes of at least 4 members (excludes halogenated alkanes) is 3. The number of quaternary nitrogens is 1. The van der Waals surface area contributed by atoms with Crippen LogP contribution in [-0.4, -0.2) is 87.3 Å². The lowest BCUT2D eigenvalue weighted by molar-refractivity contribution is -0.282. The van der Waals surface area contributed by atoms with Crippen molar-refractivity contribution in [3.05, 3.63) is 61.9 Å². The third-order valence-corrected chi connectivity index (χ3v) is 11.4. The van der Waals surface area contributed by atoms with E-state index in [1.54, 1.807) is 44.0 Å². The van der Waals surface area contributed by atoms with Crippen molar-refractivity contribution in [1.29, 1.82) is 5.26 Å². The fourth-order valence-corrected chi connectivity index (χ4v) is 8.18. The SMILES string of the molecule is COC1(OCC2OC(n3cc(C)c(=O)n(CCCCCCNC(=O)c4ccc([N+](C)(C)C)c(C#N)c4)c3=O)CC2OC2(OC)CCCCC2)CCCCC1. The number of rotatable bonds is 17. The first-order chi connectivity index (χ1) is 25.8. The summed E-state index contributed by atoms with van der Waals surface area (Å²) in [7, 11) is 9.33. The maximum atomic E-state index is 13.9. The van der Waals surface area contributed by atoms with E-state index in [-0.39, 0.29) is 30.7 Å². The lowest BCUT2D eigenvalue weighted by Gasteiger charge is -2.40. The smallest absolute Gasteiger partial charge is 0.333 e. The molecule has 3 unspecified atom stereocenters. The lowest BCUT2D eigenvalue weighted by atomic mass is 9.93. The van der Waals surface area contributed by atoms with Gasteiger partial charge in [-0.3, -0.25) is 23.2 Å². The zero-order valence-corrected chi connectivity index (χ0v) is 33.3. The number of ether oxygens (including phenoxy) is 5. The van der Waals surface area contributed by atoms with Crippen molar-refractivity contribution < 1.29 is 28.5 Å². The number of aromatic nitrogens is 2. The fourth-order valence-electron chi connectivity index (χ4n) is 8.18. The summed E-state index contributed by atoms with van der Waals surface area (Å²) in [6.45, 7) is 2.75. The van der Waals surface area contributed by atoms with Crippen LogP contribution in [0.25, 0.3) is 0 Å². The van der Waals surface area contributed by atoms with Crippen LogP contribution in [0.3, 0.4) is 0 Å². The Morgan fingerprint density at radius 2 is 1.61 bits per heavy atom. The van der Waals surface area contributed by atoms with Gasteiger partial charge >= 0.3 is 5.69 Å². The van der Waals surface area contributed by atoms with Crippen molar-refractivity contribution in [2.45, 2.75) is 140 Å². The predicted molar refractivity (Wildman–Crippen MR) is 206 cm³/mol. The van der Waals surface area contributed by atoms with Crippen LogP contribution in [0.2, 0.25) is 0 Å². The molecule has 2 heterocycles. The molecule has 1 aromatic heterocycles. The van der Waals surface area contributed by atoms with E-state index in [0.717, 1.165) is 89.2 Å². The normalized spacial score (nSPS) is 22.5. The molecular formula is C41H62N5O8+. The summed E-state index contributed by atoms with van der Waals surface area (Å²) in [4.78, 5) is 39.9. The maximum Gasteiger partial charge on any atom is 0.333 e. The van der Waals surface area contributed by atoms with E-state index in [9.17, 15) is 19.6 Å². The van der Waals surface area contributed by atoms with Gasteiger partial charge in [-0.05, 0) is 57.6 Å². The first-order valence-corrected chi connectivity index (χ1v) is 19.9. The molecule has 3 fully saturated rings. The van der Waals surface area contributed by atoms with Gasteiger partial charge in [0.15, 0.2) is 11.6 Å². The quantitative estimate of drug-likeness (QED) is 0.123. The second-order valence-corrected chi connectivity index (χ2v) is 16.2. The molecule has 0 bridgehead atoms. The molecule has 1 aromatic carbocycles. The Balaban J connectivity index is 1.19. The first kappa shape index (κ1) is 41.8. The number of nitrogens with zero attached hydrogens (tertiary/aromatic N) is 4. The van der Waals surface area contributed by atoms with Crippen LogP contribution in [-0.2, 0) is 30.2 Å². The van der Waals surface area contributed by atoms with Gasteiger partial charge in [0.2, 0.25) is 0 Å². The third kappa shape index (κ3) is 10.1. The monoisotopic (exact) mass is 752 g/mol. The summed E-state index contributed by atoms with van der Waals surface area (Å²) in [5, 5.41) is 12.5. The van der Waals surface area contributed by atoms with E-state index in [1.165, 1.54) is 4.57 Å². The molecule has 3 atom stereocenters. The van der Waals surface area contributed by atoms with Crippen molar-refractivity contribution in [1.82, 2.24) is 18.9 Å². The van der Waals surface area contributed by atoms with Gasteiger partial charge in [0, 0.05) is 82.8 Å². The van der Waals surface area contributed by atoms with E-state index in [4.69, 9.17) is 23.7 Å². The van der Waals surface area contributed by atoms with Gasteiger partial charge in [0.1, 0.15) is 29.7 Å². The molecule has 0 radical (unpaired) electrons. The highest BCUT2D eigenvalue weighted by Crippen LogP contribution is 2.40. The van der Waals surface area contributed by atoms with Gasteiger partial charge < -0.3 is 29.0 Å². The maximum absolute atomic E-state index is 13.9. The van der Waals surface area contributed by atoms with Crippen molar-refractivity contribution in [2.75, 3.05) is 48.5 Å². The summed E-state index contributed by atoms with van der Waals surface area (Å²) < 4.78 is 35.1. The first-order valence-electron chi connectivity index (χ1n) is 19.9. The number of hydrogen-bond acceptors (Lipinski definition) is 9. The molecule has 1 N–H and O–H groups in total. The molecule has 1 amide bonds. The highest BCUT2D eigenvalue weighted by atomic mass is 16.7. The Hall–Kier alpha value is -3.38. The largest absolute Gasteiger partial charge is 0.353 e. The zero-order valence-electron chi connectivity index (χ0n) is 33.3. The Morgan fingerprint density at radius 3 is 2.24 bits per heavy atom. The third-order valence-electron chi connectivity index (χ3n) is 11.4. The van der Waals surface area contributed by atoms with Gasteiger partial charge in [-0.25, -0.2) is 4.79 Å². The Bertz CT molecular complexity index is 1730. The number of carbonyl (C=O) groups excluding carboxylic acids is 1. The van der Waals surface area contributed by atoms with Gasteiger partial charge in [-0.1, -0.05) is 25.7 Å². The number of nitriles is 1. The minimum absolute atomic E-state index is 0.217. The molecule has 2 aliphatic carbocycles. The van der Waals surface area contributed by atoms with Crippen LogP contribution in [0.4, 0.5) is 5.69 Å². The molecule has 0 spiro atoms. The van der Waals surface area contributed by atoms with E-state index in [0.29, 0.717) is 40.6 Å². The molecule has 298 valence electrons. The lowest BCUT2D eigenvalue weighted by Crippen LogP contribution is -2.45. The van der Waals surface area contributed by atoms with Gasteiger partial charge in [0.25, 0.3) is 11.5 Å². The number of aryl methyl sites for hydroxylation is 1. The molecule has 2 aromatic rings. The van der Waals surface area contributed by atoms with Gasteiger partial charge in [-0.2, -0.15) is 5.26 Å². The Labute approximate surface area is 320 Å². The zero-order chi connectivity index (χ0) is 38.9. The molecule has 1 aliphatic heterocycles. The van der Waals surface area contributed by atoms with E-state index in [2.05, 4.69) is 11.4 Å². The van der Waals surface area contributed by atoms with Crippen molar-refractivity contribution in [3.8, 4) is 6.07 Å². The van der Waals surface area contributed by atoms with Crippen LogP contribution >= 0.6 is 0 Å². The van der Waals surface area contributed by atoms with E-state index < -0.39 is 29.6 Å². The summed E-state index contributed by atoms with van der Waals surface area (Å²) in [5.74, 6) is -1.57. The molecule has 2 saturated carbocycles. The van der Waals surface area contributed by atoms with Crippen molar-refractivity contribution >= 4 is 11.6 Å². The Morgan fingerprint density at radius 1 is 0.963 bits per heavy atom. The fraction of sp³-hybridized carbons (Fsp3) is 0.707. The van der Waals surface area contributed by atoms with Crippen LogP contribution in [0.1, 0.15) is 124 Å². The minimum atomic E-state index is -0.705. The average Bonchev–Trinajstić information content (AvgIpc) is 3.57. The van der Waals surface area contributed by atoms with Crippen LogP contribution in [0, 0.1) is 18.3 Å². The highest BCUT2D eigenvalue weighted by Gasteiger charge is 2.45. The molecule has 3 aliphatic rings. The van der Waals surface area contributed by atoms with Crippen molar-refractivity contribution in [3.63, 3.8) is 0 Å². The highest BCUT2D eigenvalue weighted by molar-refractivity contribution is 5.95. The summed E-state index contributed by atoms with van der Waals surface area (Å²) in [6.07, 6.45) is 13.2. The van der Waals surface area contributed by atoms with Crippen LogP contribution in [0.15, 0.2) is 34.0 Å². The summed E-state index contributed by atoms with van der Waals surface area (Å²) >= 11 is 0. The number of carbonyl (C=O) groups is 1. The molecule has 1 saturated heterocycles. The number of amides is 1. The number of nitrogens with one attached hydrogen (secondary N) is 1. The van der Waals surface area contributed by atoms with E-state index >= 15 is 0 Å². The molecule has 13 nitrogen and oxygen atoms in total. The molecular weight excluding hydrogens is 690 g/mol. The number of benzene rings is 1. The molecule has 54 heavy (non-hydrogen) atoms. The van der Waals surface area contributed by atoms with Gasteiger partial charge in [0.05, 0.1) is 33.9 Å². The topological polar surface area (TPSA) is 143 Å². The van der Waals surface area contributed by atoms with Crippen LogP contribution in [0.5, 0.6) is 0 Å². The second kappa shape index (κ2) is 18.5. The predicted octanol–water partition coefficient (Wildman–Crippen LogP) is 5.68. The second-order valence-electron chi connectivity index (χ2n) is 16.2. The summed E-state index contributed by atoms with van der Waals surface area (Å²) in [5.41, 5.74) is 1.54. The molecule has 5 rings (SSSR count). The average molecular weight is 753 g/mol. The van der Waals surface area contributed by atoms with Gasteiger partial charge in [-0.15, -0.1) is 0 Å². The standard InChI is InChI=1S/C41H61N5O8/c1-30-28-45(36-26-34(54-41(51-6)21-13-10-14-22-41)35(53-36)29-52-40(50-5)19-11-9-12-20-40)39(49)44(38(30)48)24-16-8-7-15-23-43-37(47)31-17-18-33(46(2,3)4)32(25-31)27-42/h17-18,25,28,34-36H,7-16,19-24,26,29H2,1-6H3/p+1. The Kier molecular flexibility index (Phi) is 14.3. The van der Waals surface area contributed by atoms with Crippen molar-refractivity contribution in [2.24, 2.45) is 0 Å². The van der Waals surface area contributed by atoms with Crippen LogP contribution < -0.4 is 21.0 Å². The number of methoxy groups -OCH3 is 2. The minimum Gasteiger partial charge on any atom is -0.353 e.